The molecule has 1 aliphatic heterocycles. The predicted molar refractivity (Wildman–Crippen MR) is 105 cm³/mol. The summed E-state index contributed by atoms with van der Waals surface area (Å²) in [5.74, 6) is 0.336. The van der Waals surface area contributed by atoms with Gasteiger partial charge in [0.05, 0.1) is 31.7 Å². The monoisotopic (exact) mass is 378 g/mol. The third kappa shape index (κ3) is 3.64. The molecule has 0 amide bonds. The van der Waals surface area contributed by atoms with Crippen molar-refractivity contribution < 1.29 is 19.0 Å². The predicted octanol–water partition coefficient (Wildman–Crippen LogP) is 3.74. The number of hydrogen-bond donors (Lipinski definition) is 0. The Labute approximate surface area is 163 Å². The van der Waals surface area contributed by atoms with E-state index in [0.717, 1.165) is 22.7 Å². The molecule has 1 aromatic heterocycles. The first-order valence-corrected chi connectivity index (χ1v) is 9.13. The zero-order chi connectivity index (χ0) is 19.6. The fourth-order valence-corrected chi connectivity index (χ4v) is 3.06. The van der Waals surface area contributed by atoms with Gasteiger partial charge in [0.2, 0.25) is 0 Å². The molecule has 3 aromatic rings. The molecule has 4 rings (SSSR count). The number of methoxy groups -OCH3 is 1. The molecule has 6 nitrogen and oxygen atoms in total. The number of nitrogens with zero attached hydrogens (tertiary/aromatic N) is 2. The molecule has 0 saturated carbocycles. The molecule has 2 aromatic carbocycles. The standard InChI is InChI=1S/C22H22N2O4/c1-22(13-27-14-22)15-28-21(25)19-12-20(16-8-10-18(26-2)11-9-16)24(23-19)17-6-4-3-5-7-17/h3-12H,13-15H2,1-2H3. The van der Waals surface area contributed by atoms with Crippen molar-refractivity contribution in [3.05, 3.63) is 66.4 Å². The summed E-state index contributed by atoms with van der Waals surface area (Å²) < 4.78 is 17.7. The van der Waals surface area contributed by atoms with Crippen LogP contribution in [0.15, 0.2) is 60.7 Å². The van der Waals surface area contributed by atoms with Crippen LogP contribution in [0.5, 0.6) is 5.75 Å². The quantitative estimate of drug-likeness (QED) is 0.612. The van der Waals surface area contributed by atoms with Crippen LogP contribution in [0.3, 0.4) is 0 Å². The van der Waals surface area contributed by atoms with Crippen LogP contribution in [0, 0.1) is 5.41 Å². The Morgan fingerprint density at radius 1 is 1.14 bits per heavy atom. The highest BCUT2D eigenvalue weighted by molar-refractivity contribution is 5.89. The van der Waals surface area contributed by atoms with Gasteiger partial charge in [-0.1, -0.05) is 25.1 Å². The van der Waals surface area contributed by atoms with Crippen molar-refractivity contribution in [2.45, 2.75) is 6.92 Å². The van der Waals surface area contributed by atoms with Crippen molar-refractivity contribution in [2.24, 2.45) is 5.41 Å². The molecule has 28 heavy (non-hydrogen) atoms. The summed E-state index contributed by atoms with van der Waals surface area (Å²) in [6.07, 6.45) is 0. The minimum absolute atomic E-state index is 0.101. The Morgan fingerprint density at radius 2 is 1.86 bits per heavy atom. The van der Waals surface area contributed by atoms with Gasteiger partial charge in [-0.2, -0.15) is 5.10 Å². The molecule has 0 radical (unpaired) electrons. The number of hydrogen-bond acceptors (Lipinski definition) is 5. The summed E-state index contributed by atoms with van der Waals surface area (Å²) in [6, 6.07) is 19.1. The second kappa shape index (κ2) is 7.48. The molecular formula is C22H22N2O4. The maximum atomic E-state index is 12.6. The van der Waals surface area contributed by atoms with E-state index >= 15 is 0 Å². The Bertz CT molecular complexity index is 960. The van der Waals surface area contributed by atoms with Crippen LogP contribution in [-0.2, 0) is 9.47 Å². The second-order valence-corrected chi connectivity index (χ2v) is 7.27. The Balaban J connectivity index is 1.66. The Hall–Kier alpha value is -3.12. The van der Waals surface area contributed by atoms with Gasteiger partial charge in [-0.3, -0.25) is 0 Å². The Morgan fingerprint density at radius 3 is 2.46 bits per heavy atom. The molecular weight excluding hydrogens is 356 g/mol. The topological polar surface area (TPSA) is 62.6 Å². The summed E-state index contributed by atoms with van der Waals surface area (Å²) in [5, 5.41) is 4.52. The maximum absolute atomic E-state index is 12.6. The van der Waals surface area contributed by atoms with Gasteiger partial charge >= 0.3 is 5.97 Å². The fraction of sp³-hybridized carbons (Fsp3) is 0.273. The number of aromatic nitrogens is 2. The summed E-state index contributed by atoms with van der Waals surface area (Å²) in [7, 11) is 1.63. The van der Waals surface area contributed by atoms with Gasteiger partial charge < -0.3 is 14.2 Å². The molecule has 0 atom stereocenters. The molecule has 0 bridgehead atoms. The summed E-state index contributed by atoms with van der Waals surface area (Å²) in [6.45, 7) is 3.57. The van der Waals surface area contributed by atoms with Crippen molar-refractivity contribution in [1.82, 2.24) is 9.78 Å². The lowest BCUT2D eigenvalue weighted by Gasteiger charge is -2.36. The largest absolute Gasteiger partial charge is 0.497 e. The van der Waals surface area contributed by atoms with Gasteiger partial charge in [-0.25, -0.2) is 9.48 Å². The first-order chi connectivity index (χ1) is 13.6. The van der Waals surface area contributed by atoms with Crippen molar-refractivity contribution in [1.29, 1.82) is 0 Å². The third-order valence-electron chi connectivity index (χ3n) is 4.76. The number of para-hydroxylation sites is 1. The van der Waals surface area contributed by atoms with E-state index in [2.05, 4.69) is 5.10 Å². The molecule has 144 valence electrons. The van der Waals surface area contributed by atoms with Crippen LogP contribution in [0.4, 0.5) is 0 Å². The molecule has 1 fully saturated rings. The second-order valence-electron chi connectivity index (χ2n) is 7.27. The van der Waals surface area contributed by atoms with Crippen LogP contribution >= 0.6 is 0 Å². The first-order valence-electron chi connectivity index (χ1n) is 9.13. The van der Waals surface area contributed by atoms with Crippen molar-refractivity contribution in [2.75, 3.05) is 26.9 Å². The van der Waals surface area contributed by atoms with E-state index in [1.165, 1.54) is 0 Å². The highest BCUT2D eigenvalue weighted by Gasteiger charge is 2.35. The van der Waals surface area contributed by atoms with Gasteiger partial charge in [0, 0.05) is 11.0 Å². The van der Waals surface area contributed by atoms with Crippen LogP contribution in [0.25, 0.3) is 16.9 Å². The van der Waals surface area contributed by atoms with E-state index in [1.54, 1.807) is 17.9 Å². The normalized spacial score (nSPS) is 14.9. The van der Waals surface area contributed by atoms with Crippen LogP contribution in [0.1, 0.15) is 17.4 Å². The minimum Gasteiger partial charge on any atom is -0.497 e. The van der Waals surface area contributed by atoms with Crippen LogP contribution in [0.2, 0.25) is 0 Å². The summed E-state index contributed by atoms with van der Waals surface area (Å²) in [4.78, 5) is 12.6. The number of rotatable bonds is 6. The lowest BCUT2D eigenvalue weighted by Crippen LogP contribution is -2.44. The number of benzene rings is 2. The first kappa shape index (κ1) is 18.3. The smallest absolute Gasteiger partial charge is 0.358 e. The SMILES string of the molecule is COc1ccc(-c2cc(C(=O)OCC3(C)COC3)nn2-c2ccccc2)cc1. The third-order valence-corrected chi connectivity index (χ3v) is 4.76. The maximum Gasteiger partial charge on any atom is 0.358 e. The van der Waals surface area contributed by atoms with Crippen LogP contribution < -0.4 is 4.74 Å². The van der Waals surface area contributed by atoms with Crippen molar-refractivity contribution in [3.63, 3.8) is 0 Å². The van der Waals surface area contributed by atoms with E-state index in [4.69, 9.17) is 14.2 Å². The van der Waals surface area contributed by atoms with Gasteiger partial charge in [0.25, 0.3) is 0 Å². The van der Waals surface area contributed by atoms with Gasteiger partial charge in [-0.05, 0) is 42.5 Å². The zero-order valence-corrected chi connectivity index (χ0v) is 15.9. The van der Waals surface area contributed by atoms with E-state index < -0.39 is 5.97 Å². The average molecular weight is 378 g/mol. The lowest BCUT2D eigenvalue weighted by atomic mass is 9.90. The summed E-state index contributed by atoms with van der Waals surface area (Å²) in [5.41, 5.74) is 2.77. The summed E-state index contributed by atoms with van der Waals surface area (Å²) >= 11 is 0. The molecule has 0 unspecified atom stereocenters. The van der Waals surface area contributed by atoms with E-state index in [1.807, 2.05) is 61.5 Å². The van der Waals surface area contributed by atoms with E-state index in [9.17, 15) is 4.79 Å². The number of carbonyl (C=O) groups is 1. The number of ether oxygens (including phenoxy) is 3. The molecule has 2 heterocycles. The van der Waals surface area contributed by atoms with Gasteiger partial charge in [0.1, 0.15) is 12.4 Å². The average Bonchev–Trinajstić information content (AvgIpc) is 3.17. The molecule has 0 spiro atoms. The van der Waals surface area contributed by atoms with Crippen LogP contribution in [-0.4, -0.2) is 42.7 Å². The highest BCUT2D eigenvalue weighted by Crippen LogP contribution is 2.28. The fourth-order valence-electron chi connectivity index (χ4n) is 3.06. The van der Waals surface area contributed by atoms with Crippen molar-refractivity contribution in [3.8, 4) is 22.7 Å². The number of esters is 1. The van der Waals surface area contributed by atoms with Gasteiger partial charge in [0.15, 0.2) is 5.69 Å². The minimum atomic E-state index is -0.433. The lowest BCUT2D eigenvalue weighted by molar-refractivity contribution is -0.127. The van der Waals surface area contributed by atoms with E-state index in [0.29, 0.717) is 19.8 Å². The van der Waals surface area contributed by atoms with E-state index in [-0.39, 0.29) is 11.1 Å². The highest BCUT2D eigenvalue weighted by atomic mass is 16.5. The molecule has 6 heteroatoms. The number of carbonyl (C=O) groups excluding carboxylic acids is 1. The molecule has 0 N–H and O–H groups in total. The molecule has 1 saturated heterocycles. The molecule has 1 aliphatic rings. The zero-order valence-electron chi connectivity index (χ0n) is 15.9. The Kier molecular flexibility index (Phi) is 4.88. The van der Waals surface area contributed by atoms with Gasteiger partial charge in [-0.15, -0.1) is 0 Å². The van der Waals surface area contributed by atoms with Crippen molar-refractivity contribution >= 4 is 5.97 Å². The molecule has 0 aliphatic carbocycles.